The summed E-state index contributed by atoms with van der Waals surface area (Å²) in [5.74, 6) is -1.74. The number of hydrogen-bond donors (Lipinski definition) is 0. The molecule has 0 spiro atoms. The first kappa shape index (κ1) is 24.6. The van der Waals surface area contributed by atoms with Crippen LogP contribution in [0.1, 0.15) is 16.1 Å². The lowest BCUT2D eigenvalue weighted by atomic mass is 10.0. The molecule has 0 aliphatic rings. The highest BCUT2D eigenvalue weighted by Crippen LogP contribution is 2.40. The van der Waals surface area contributed by atoms with E-state index in [-0.39, 0.29) is 39.5 Å². The molecule has 0 aliphatic heterocycles. The number of halogens is 3. The Labute approximate surface area is 202 Å². The summed E-state index contributed by atoms with van der Waals surface area (Å²) in [4.78, 5) is 25.8. The topological polar surface area (TPSA) is 84.2 Å². The van der Waals surface area contributed by atoms with Gasteiger partial charge in [0.15, 0.2) is 11.5 Å². The van der Waals surface area contributed by atoms with E-state index in [1.807, 2.05) is 0 Å². The maximum absolute atomic E-state index is 14.0. The Morgan fingerprint density at radius 2 is 1.53 bits per heavy atom. The van der Waals surface area contributed by atoms with Crippen LogP contribution >= 0.6 is 0 Å². The van der Waals surface area contributed by atoms with Crippen LogP contribution in [0.15, 0.2) is 69.9 Å². The first-order chi connectivity index (χ1) is 17.2. The molecule has 186 valence electrons. The lowest BCUT2D eigenvalue weighted by Gasteiger charge is -2.15. The van der Waals surface area contributed by atoms with Gasteiger partial charge >= 0.3 is 12.1 Å². The van der Waals surface area contributed by atoms with E-state index in [0.717, 1.165) is 6.07 Å². The largest absolute Gasteiger partial charge is 0.496 e. The van der Waals surface area contributed by atoms with Gasteiger partial charge in [0.05, 0.1) is 32.3 Å². The summed E-state index contributed by atoms with van der Waals surface area (Å²) in [5.41, 5.74) is -1.96. The molecule has 3 aromatic carbocycles. The zero-order chi connectivity index (χ0) is 26.0. The Morgan fingerprint density at radius 1 is 0.833 bits per heavy atom. The zero-order valence-electron chi connectivity index (χ0n) is 19.3. The number of rotatable bonds is 6. The van der Waals surface area contributed by atoms with E-state index in [0.29, 0.717) is 0 Å². The van der Waals surface area contributed by atoms with Gasteiger partial charge in [0.1, 0.15) is 22.6 Å². The predicted octanol–water partition coefficient (Wildman–Crippen LogP) is 5.72. The number of benzene rings is 3. The molecule has 4 aromatic rings. The number of carbonyl (C=O) groups excluding carboxylic acids is 1. The molecule has 1 aromatic heterocycles. The van der Waals surface area contributed by atoms with E-state index in [9.17, 15) is 22.8 Å². The molecule has 4 rings (SSSR count). The van der Waals surface area contributed by atoms with Crippen LogP contribution in [0.2, 0.25) is 0 Å². The molecule has 0 unspecified atom stereocenters. The molecule has 0 radical (unpaired) electrons. The predicted molar refractivity (Wildman–Crippen MR) is 124 cm³/mol. The van der Waals surface area contributed by atoms with Crippen molar-refractivity contribution in [1.29, 1.82) is 0 Å². The monoisotopic (exact) mass is 500 g/mol. The van der Waals surface area contributed by atoms with E-state index in [2.05, 4.69) is 0 Å². The molecule has 0 N–H and O–H groups in total. The molecule has 0 aliphatic carbocycles. The van der Waals surface area contributed by atoms with Gasteiger partial charge in [0, 0.05) is 6.07 Å². The fourth-order valence-electron chi connectivity index (χ4n) is 3.67. The molecule has 0 saturated carbocycles. The number of methoxy groups -OCH3 is 3. The minimum atomic E-state index is -5.00. The number of ether oxygens (including phenoxy) is 4. The van der Waals surface area contributed by atoms with Crippen LogP contribution in [0.4, 0.5) is 13.2 Å². The average Bonchev–Trinajstić information content (AvgIpc) is 2.87. The normalized spacial score (nSPS) is 11.3. The van der Waals surface area contributed by atoms with Crippen molar-refractivity contribution in [2.24, 2.45) is 0 Å². The van der Waals surface area contributed by atoms with Gasteiger partial charge < -0.3 is 23.4 Å². The third kappa shape index (κ3) is 4.57. The SMILES string of the molecule is COc1ccc(-c2c(C(F)(F)F)oc3cc(OC(=O)c4ccccc4OC)ccc3c2=O)cc1OC. The smallest absolute Gasteiger partial charge is 0.450 e. The number of hydrogen-bond acceptors (Lipinski definition) is 7. The van der Waals surface area contributed by atoms with Gasteiger partial charge in [-0.25, -0.2) is 4.79 Å². The number of esters is 1. The first-order valence-electron chi connectivity index (χ1n) is 10.4. The third-order valence-corrected chi connectivity index (χ3v) is 5.33. The number of alkyl halides is 3. The fraction of sp³-hybridized carbons (Fsp3) is 0.154. The molecular formula is C26H19F3O7. The van der Waals surface area contributed by atoms with E-state index in [1.54, 1.807) is 18.2 Å². The Hall–Kier alpha value is -4.47. The summed E-state index contributed by atoms with van der Waals surface area (Å²) in [7, 11) is 4.08. The van der Waals surface area contributed by atoms with Gasteiger partial charge in [-0.2, -0.15) is 13.2 Å². The fourth-order valence-corrected chi connectivity index (χ4v) is 3.67. The van der Waals surface area contributed by atoms with Gasteiger partial charge in [0.2, 0.25) is 11.2 Å². The van der Waals surface area contributed by atoms with Gasteiger partial charge in [0.25, 0.3) is 0 Å². The summed E-state index contributed by atoms with van der Waals surface area (Å²) in [5, 5.41) is -0.134. The van der Waals surface area contributed by atoms with Crippen LogP contribution in [0.5, 0.6) is 23.0 Å². The molecule has 1 heterocycles. The highest BCUT2D eigenvalue weighted by molar-refractivity contribution is 5.94. The van der Waals surface area contributed by atoms with Crippen LogP contribution in [-0.4, -0.2) is 27.3 Å². The van der Waals surface area contributed by atoms with Crippen LogP contribution in [0.25, 0.3) is 22.1 Å². The van der Waals surface area contributed by atoms with Crippen molar-refractivity contribution in [3.05, 3.63) is 82.2 Å². The molecule has 36 heavy (non-hydrogen) atoms. The number of para-hydroxylation sites is 1. The minimum Gasteiger partial charge on any atom is -0.496 e. The van der Waals surface area contributed by atoms with Crippen LogP contribution in [0, 0.1) is 0 Å². The third-order valence-electron chi connectivity index (χ3n) is 5.33. The second kappa shape index (κ2) is 9.65. The molecular weight excluding hydrogens is 481 g/mol. The first-order valence-corrected chi connectivity index (χ1v) is 10.4. The second-order valence-corrected chi connectivity index (χ2v) is 7.45. The highest BCUT2D eigenvalue weighted by Gasteiger charge is 2.39. The molecule has 0 fully saturated rings. The van der Waals surface area contributed by atoms with E-state index < -0.39 is 34.5 Å². The Bertz CT molecular complexity index is 1510. The van der Waals surface area contributed by atoms with Crippen LogP contribution in [0.3, 0.4) is 0 Å². The van der Waals surface area contributed by atoms with Crippen molar-refractivity contribution in [3.8, 4) is 34.1 Å². The lowest BCUT2D eigenvalue weighted by molar-refractivity contribution is -0.152. The molecule has 7 nitrogen and oxygen atoms in total. The highest BCUT2D eigenvalue weighted by atomic mass is 19.4. The summed E-state index contributed by atoms with van der Waals surface area (Å²) in [6.45, 7) is 0. The second-order valence-electron chi connectivity index (χ2n) is 7.45. The molecule has 0 saturated heterocycles. The zero-order valence-corrected chi connectivity index (χ0v) is 19.3. The quantitative estimate of drug-likeness (QED) is 0.247. The minimum absolute atomic E-state index is 0.0673. The number of fused-ring (bicyclic) bond motifs is 1. The van der Waals surface area contributed by atoms with E-state index >= 15 is 0 Å². The average molecular weight is 500 g/mol. The summed E-state index contributed by atoms with van der Waals surface area (Å²) >= 11 is 0. The molecule has 0 atom stereocenters. The Balaban J connectivity index is 1.83. The van der Waals surface area contributed by atoms with Crippen LogP contribution < -0.4 is 24.4 Å². The lowest BCUT2D eigenvalue weighted by Crippen LogP contribution is -2.16. The standard InChI is InChI=1S/C26H19F3O7/c1-32-18-7-5-4-6-17(18)25(31)35-15-9-10-16-20(13-15)36-24(26(27,28)29)22(23(16)30)14-8-11-19(33-2)21(12-14)34-3/h4-13H,1-3H3. The van der Waals surface area contributed by atoms with Crippen LogP contribution in [-0.2, 0) is 6.18 Å². The molecule has 10 heteroatoms. The Kier molecular flexibility index (Phi) is 6.61. The van der Waals surface area contributed by atoms with Gasteiger partial charge in [-0.3, -0.25) is 4.79 Å². The van der Waals surface area contributed by atoms with Crippen molar-refractivity contribution < 1.29 is 41.3 Å². The van der Waals surface area contributed by atoms with Crippen molar-refractivity contribution in [2.45, 2.75) is 6.18 Å². The number of carbonyl (C=O) groups is 1. The maximum Gasteiger partial charge on any atom is 0.450 e. The maximum atomic E-state index is 14.0. The summed E-state index contributed by atoms with van der Waals surface area (Å²) in [6, 6.07) is 13.8. The van der Waals surface area contributed by atoms with Gasteiger partial charge in [-0.15, -0.1) is 0 Å². The summed E-state index contributed by atoms with van der Waals surface area (Å²) in [6.07, 6.45) is -5.00. The Morgan fingerprint density at radius 3 is 2.19 bits per heavy atom. The van der Waals surface area contributed by atoms with Gasteiger partial charge in [-0.05, 0) is 42.0 Å². The molecule has 0 bridgehead atoms. The van der Waals surface area contributed by atoms with E-state index in [4.69, 9.17) is 23.4 Å². The molecule has 0 amide bonds. The van der Waals surface area contributed by atoms with Crippen molar-refractivity contribution in [2.75, 3.05) is 21.3 Å². The van der Waals surface area contributed by atoms with Crippen molar-refractivity contribution in [3.63, 3.8) is 0 Å². The van der Waals surface area contributed by atoms with E-state index in [1.165, 1.54) is 57.7 Å². The van der Waals surface area contributed by atoms with Gasteiger partial charge in [-0.1, -0.05) is 18.2 Å². The van der Waals surface area contributed by atoms with Crippen molar-refractivity contribution >= 4 is 16.9 Å². The summed E-state index contributed by atoms with van der Waals surface area (Å²) < 4.78 is 67.9. The van der Waals surface area contributed by atoms with Crippen molar-refractivity contribution in [1.82, 2.24) is 0 Å².